The Morgan fingerprint density at radius 3 is 2.36 bits per heavy atom. The quantitative estimate of drug-likeness (QED) is 0.661. The first kappa shape index (κ1) is 20.9. The fourth-order valence-electron chi connectivity index (χ4n) is 3.15. The van der Waals surface area contributed by atoms with E-state index in [1.807, 2.05) is 11.8 Å². The molecule has 1 saturated heterocycles. The van der Waals surface area contributed by atoms with Gasteiger partial charge in [-0.3, -0.25) is 4.79 Å². The molecule has 0 spiro atoms. The fourth-order valence-corrected chi connectivity index (χ4v) is 6.78. The van der Waals surface area contributed by atoms with E-state index in [1.165, 1.54) is 15.6 Å². The summed E-state index contributed by atoms with van der Waals surface area (Å²) in [4.78, 5) is 14.8. The molecule has 142 valence electrons. The molecular formula is C17H27BrN2O3S2. The van der Waals surface area contributed by atoms with Gasteiger partial charge in [0.2, 0.25) is 5.91 Å². The summed E-state index contributed by atoms with van der Waals surface area (Å²) in [5, 5.41) is 0. The predicted molar refractivity (Wildman–Crippen MR) is 105 cm³/mol. The van der Waals surface area contributed by atoms with E-state index in [0.717, 1.165) is 3.79 Å². The molecule has 1 aliphatic rings. The summed E-state index contributed by atoms with van der Waals surface area (Å²) in [6.07, 6.45) is 1.18. The highest BCUT2D eigenvalue weighted by atomic mass is 79.9. The molecule has 5 nitrogen and oxygen atoms in total. The van der Waals surface area contributed by atoms with Gasteiger partial charge in [0.05, 0.1) is 3.79 Å². The first-order valence-electron chi connectivity index (χ1n) is 8.74. The van der Waals surface area contributed by atoms with E-state index in [0.29, 0.717) is 42.6 Å². The molecule has 1 aromatic heterocycles. The topological polar surface area (TPSA) is 57.7 Å². The first-order chi connectivity index (χ1) is 11.7. The van der Waals surface area contributed by atoms with Crippen LogP contribution < -0.4 is 0 Å². The smallest absolute Gasteiger partial charge is 0.252 e. The Labute approximate surface area is 163 Å². The van der Waals surface area contributed by atoms with Crippen LogP contribution in [0.3, 0.4) is 0 Å². The van der Waals surface area contributed by atoms with Crippen molar-refractivity contribution in [1.82, 2.24) is 9.21 Å². The molecule has 0 bridgehead atoms. The highest BCUT2D eigenvalue weighted by Crippen LogP contribution is 2.31. The largest absolute Gasteiger partial charge is 0.340 e. The average Bonchev–Trinajstić information content (AvgIpc) is 3.02. The van der Waals surface area contributed by atoms with Crippen LogP contribution in [0.1, 0.15) is 40.5 Å². The molecule has 1 aromatic rings. The summed E-state index contributed by atoms with van der Waals surface area (Å²) < 4.78 is 28.0. The van der Waals surface area contributed by atoms with E-state index in [4.69, 9.17) is 0 Å². The van der Waals surface area contributed by atoms with E-state index >= 15 is 0 Å². The predicted octanol–water partition coefficient (Wildman–Crippen LogP) is 3.80. The zero-order valence-electron chi connectivity index (χ0n) is 15.2. The van der Waals surface area contributed by atoms with Crippen LogP contribution in [0.5, 0.6) is 0 Å². The average molecular weight is 451 g/mol. The lowest BCUT2D eigenvalue weighted by Gasteiger charge is -2.37. The number of carbonyl (C=O) groups is 1. The number of amides is 1. The van der Waals surface area contributed by atoms with E-state index < -0.39 is 10.0 Å². The third kappa shape index (κ3) is 4.64. The normalized spacial score (nSPS) is 18.5. The number of nitrogens with zero attached hydrogens (tertiary/aromatic N) is 2. The lowest BCUT2D eigenvalue weighted by molar-refractivity contribution is -0.139. The van der Waals surface area contributed by atoms with E-state index in [9.17, 15) is 13.2 Å². The molecule has 0 radical (unpaired) electrons. The van der Waals surface area contributed by atoms with Crippen LogP contribution in [0.4, 0.5) is 0 Å². The first-order valence-corrected chi connectivity index (χ1v) is 11.8. The van der Waals surface area contributed by atoms with Crippen molar-refractivity contribution in [3.8, 4) is 0 Å². The second-order valence-electron chi connectivity index (χ2n) is 6.85. The zero-order chi connectivity index (χ0) is 18.8. The van der Waals surface area contributed by atoms with Crippen LogP contribution in [-0.2, 0) is 14.8 Å². The monoisotopic (exact) mass is 450 g/mol. The standard InChI is InChI=1S/C17H27BrN2O3S2/c1-5-20(13(4)12(2)3)17(21)14-8-10-19(11-9-14)25(22,23)16-7-6-15(18)24-16/h6-7,12-14H,5,8-11H2,1-4H3/t13-/m1/s1. The van der Waals surface area contributed by atoms with Gasteiger partial charge in [0.15, 0.2) is 0 Å². The van der Waals surface area contributed by atoms with Crippen molar-refractivity contribution in [3.63, 3.8) is 0 Å². The molecule has 0 unspecified atom stereocenters. The van der Waals surface area contributed by atoms with Crippen molar-refractivity contribution in [2.24, 2.45) is 11.8 Å². The van der Waals surface area contributed by atoms with Gasteiger partial charge in [-0.15, -0.1) is 11.3 Å². The Morgan fingerprint density at radius 1 is 1.32 bits per heavy atom. The minimum atomic E-state index is -3.45. The van der Waals surface area contributed by atoms with Gasteiger partial charge in [-0.2, -0.15) is 4.31 Å². The van der Waals surface area contributed by atoms with Crippen LogP contribution in [0.2, 0.25) is 0 Å². The van der Waals surface area contributed by atoms with E-state index in [1.54, 1.807) is 12.1 Å². The Kier molecular flexibility index (Phi) is 7.09. The summed E-state index contributed by atoms with van der Waals surface area (Å²) in [5.74, 6) is 0.490. The van der Waals surface area contributed by atoms with Crippen LogP contribution >= 0.6 is 27.3 Å². The number of rotatable bonds is 6. The van der Waals surface area contributed by atoms with Crippen molar-refractivity contribution in [2.45, 2.75) is 50.8 Å². The van der Waals surface area contributed by atoms with Gasteiger partial charge in [0.25, 0.3) is 10.0 Å². The molecule has 2 heterocycles. The number of halogens is 1. The fraction of sp³-hybridized carbons (Fsp3) is 0.706. The molecule has 2 rings (SSSR count). The zero-order valence-corrected chi connectivity index (χ0v) is 18.5. The second kappa shape index (κ2) is 8.50. The number of thiophene rings is 1. The Bertz CT molecular complexity index is 695. The van der Waals surface area contributed by atoms with E-state index in [-0.39, 0.29) is 17.9 Å². The lowest BCUT2D eigenvalue weighted by atomic mass is 9.94. The summed E-state index contributed by atoms with van der Waals surface area (Å²) in [6, 6.07) is 3.58. The molecule has 1 amide bonds. The number of sulfonamides is 1. The van der Waals surface area contributed by atoms with Gasteiger partial charge in [-0.25, -0.2) is 8.42 Å². The minimum absolute atomic E-state index is 0.0809. The Hall–Kier alpha value is -0.440. The number of piperidine rings is 1. The highest BCUT2D eigenvalue weighted by molar-refractivity contribution is 9.11. The molecule has 1 fully saturated rings. The molecular weight excluding hydrogens is 424 g/mol. The van der Waals surface area contributed by atoms with Gasteiger partial charge >= 0.3 is 0 Å². The van der Waals surface area contributed by atoms with E-state index in [2.05, 4.69) is 36.7 Å². The van der Waals surface area contributed by atoms with Crippen LogP contribution in [0, 0.1) is 11.8 Å². The maximum Gasteiger partial charge on any atom is 0.252 e. The molecule has 25 heavy (non-hydrogen) atoms. The Balaban J connectivity index is 2.02. The minimum Gasteiger partial charge on any atom is -0.340 e. The number of carbonyl (C=O) groups excluding carboxylic acids is 1. The molecule has 1 aliphatic heterocycles. The van der Waals surface area contributed by atoms with Crippen LogP contribution in [0.15, 0.2) is 20.1 Å². The van der Waals surface area contributed by atoms with Crippen LogP contribution in [-0.4, -0.2) is 49.2 Å². The summed E-state index contributed by atoms with van der Waals surface area (Å²) in [5.41, 5.74) is 0. The van der Waals surface area contributed by atoms with Crippen molar-refractivity contribution >= 4 is 43.2 Å². The number of hydrogen-bond donors (Lipinski definition) is 0. The maximum absolute atomic E-state index is 12.9. The molecule has 0 saturated carbocycles. The molecule has 0 aliphatic carbocycles. The highest BCUT2D eigenvalue weighted by Gasteiger charge is 2.35. The summed E-state index contributed by atoms with van der Waals surface area (Å²) >= 11 is 4.53. The SMILES string of the molecule is CCN(C(=O)C1CCN(S(=O)(=O)c2ccc(Br)s2)CC1)[C@H](C)C(C)C. The number of hydrogen-bond acceptors (Lipinski definition) is 4. The lowest BCUT2D eigenvalue weighted by Crippen LogP contribution is -2.48. The van der Waals surface area contributed by atoms with Crippen molar-refractivity contribution in [1.29, 1.82) is 0 Å². The third-order valence-corrected chi connectivity index (χ3v) is 9.02. The summed E-state index contributed by atoms with van der Waals surface area (Å²) in [7, 11) is -3.45. The van der Waals surface area contributed by atoms with Gasteiger partial charge in [0, 0.05) is 31.6 Å². The summed E-state index contributed by atoms with van der Waals surface area (Å²) in [6.45, 7) is 9.83. The van der Waals surface area contributed by atoms with Crippen molar-refractivity contribution in [3.05, 3.63) is 15.9 Å². The Morgan fingerprint density at radius 2 is 1.92 bits per heavy atom. The van der Waals surface area contributed by atoms with Gasteiger partial charge in [-0.1, -0.05) is 13.8 Å². The molecule has 8 heteroatoms. The van der Waals surface area contributed by atoms with Gasteiger partial charge in [0.1, 0.15) is 4.21 Å². The second-order valence-corrected chi connectivity index (χ2v) is 11.5. The van der Waals surface area contributed by atoms with Crippen molar-refractivity contribution in [2.75, 3.05) is 19.6 Å². The van der Waals surface area contributed by atoms with Crippen LogP contribution in [0.25, 0.3) is 0 Å². The molecule has 0 N–H and O–H groups in total. The van der Waals surface area contributed by atoms with Gasteiger partial charge in [-0.05, 0) is 60.7 Å². The maximum atomic E-state index is 12.9. The van der Waals surface area contributed by atoms with Gasteiger partial charge < -0.3 is 4.90 Å². The third-order valence-electron chi connectivity index (χ3n) is 5.03. The molecule has 1 atom stereocenters. The van der Waals surface area contributed by atoms with Crippen molar-refractivity contribution < 1.29 is 13.2 Å². The molecule has 0 aromatic carbocycles.